The van der Waals surface area contributed by atoms with Gasteiger partial charge in [-0.25, -0.2) is 9.13 Å². The summed E-state index contributed by atoms with van der Waals surface area (Å²) >= 11 is 0. The molecule has 1 aromatic carbocycles. The SMILES string of the molecule is NCn1cc[n+](Cc2ccccc2)c1. The van der Waals surface area contributed by atoms with Crippen LogP contribution in [0.25, 0.3) is 0 Å². The van der Waals surface area contributed by atoms with Crippen LogP contribution in [-0.2, 0) is 13.2 Å². The Kier molecular flexibility index (Phi) is 2.60. The Morgan fingerprint density at radius 2 is 2.00 bits per heavy atom. The van der Waals surface area contributed by atoms with Gasteiger partial charge in [-0.1, -0.05) is 30.3 Å². The molecule has 0 saturated heterocycles. The minimum absolute atomic E-state index is 0.530. The van der Waals surface area contributed by atoms with Crippen LogP contribution in [0.1, 0.15) is 5.56 Å². The van der Waals surface area contributed by atoms with Crippen molar-refractivity contribution in [3.8, 4) is 0 Å². The van der Waals surface area contributed by atoms with E-state index in [0.29, 0.717) is 6.67 Å². The summed E-state index contributed by atoms with van der Waals surface area (Å²) in [6, 6.07) is 10.4. The Labute approximate surface area is 83.4 Å². The van der Waals surface area contributed by atoms with Gasteiger partial charge < -0.3 is 0 Å². The first-order valence-corrected chi connectivity index (χ1v) is 4.67. The van der Waals surface area contributed by atoms with Gasteiger partial charge in [0, 0.05) is 0 Å². The van der Waals surface area contributed by atoms with Gasteiger partial charge in [0.1, 0.15) is 25.6 Å². The second-order valence-corrected chi connectivity index (χ2v) is 3.27. The lowest BCUT2D eigenvalue weighted by molar-refractivity contribution is -0.687. The first-order valence-electron chi connectivity index (χ1n) is 4.67. The highest BCUT2D eigenvalue weighted by Crippen LogP contribution is 1.97. The zero-order valence-corrected chi connectivity index (χ0v) is 8.00. The molecule has 0 aliphatic carbocycles. The minimum atomic E-state index is 0.530. The summed E-state index contributed by atoms with van der Waals surface area (Å²) < 4.78 is 4.06. The molecule has 0 unspecified atom stereocenters. The van der Waals surface area contributed by atoms with Crippen LogP contribution in [0.5, 0.6) is 0 Å². The van der Waals surface area contributed by atoms with E-state index in [2.05, 4.69) is 28.8 Å². The third kappa shape index (κ3) is 2.00. The molecule has 14 heavy (non-hydrogen) atoms. The normalized spacial score (nSPS) is 10.4. The zero-order chi connectivity index (χ0) is 9.80. The Hall–Kier alpha value is -1.61. The van der Waals surface area contributed by atoms with Crippen LogP contribution in [-0.4, -0.2) is 4.57 Å². The Morgan fingerprint density at radius 1 is 1.21 bits per heavy atom. The summed E-state index contributed by atoms with van der Waals surface area (Å²) in [5.74, 6) is 0. The molecule has 2 rings (SSSR count). The van der Waals surface area contributed by atoms with Crippen LogP contribution in [0.2, 0.25) is 0 Å². The second-order valence-electron chi connectivity index (χ2n) is 3.27. The molecule has 1 aromatic heterocycles. The van der Waals surface area contributed by atoms with Crippen LogP contribution in [0.4, 0.5) is 0 Å². The summed E-state index contributed by atoms with van der Waals surface area (Å²) in [4.78, 5) is 0. The van der Waals surface area contributed by atoms with Gasteiger partial charge in [0.2, 0.25) is 6.33 Å². The van der Waals surface area contributed by atoms with Crippen LogP contribution in [0.15, 0.2) is 49.1 Å². The molecule has 0 radical (unpaired) electrons. The number of hydrogen-bond donors (Lipinski definition) is 1. The molecule has 3 heteroatoms. The molecule has 0 amide bonds. The quantitative estimate of drug-likeness (QED) is 0.708. The molecule has 1 heterocycles. The maximum Gasteiger partial charge on any atom is 0.245 e. The lowest BCUT2D eigenvalue weighted by Gasteiger charge is -1.95. The highest BCUT2D eigenvalue weighted by molar-refractivity contribution is 5.13. The zero-order valence-electron chi connectivity index (χ0n) is 8.00. The van der Waals surface area contributed by atoms with Crippen LogP contribution in [0, 0.1) is 0 Å². The van der Waals surface area contributed by atoms with Gasteiger partial charge in [-0.05, 0) is 5.56 Å². The average Bonchev–Trinajstić information content (AvgIpc) is 2.67. The second kappa shape index (κ2) is 4.07. The number of imidazole rings is 1. The molecule has 72 valence electrons. The highest BCUT2D eigenvalue weighted by Gasteiger charge is 2.01. The smallest absolute Gasteiger partial charge is 0.245 e. The lowest BCUT2D eigenvalue weighted by atomic mass is 10.2. The van der Waals surface area contributed by atoms with Crippen molar-refractivity contribution >= 4 is 0 Å². The van der Waals surface area contributed by atoms with E-state index in [0.717, 1.165) is 6.54 Å². The van der Waals surface area contributed by atoms with Gasteiger partial charge in [-0.3, -0.25) is 5.73 Å². The topological polar surface area (TPSA) is 34.8 Å². The largest absolute Gasteiger partial charge is 0.295 e. The van der Waals surface area contributed by atoms with Crippen LogP contribution >= 0.6 is 0 Å². The molecule has 0 fully saturated rings. The Bertz CT molecular complexity index is 392. The molecule has 0 atom stereocenters. The number of nitrogens with two attached hydrogens (primary N) is 1. The van der Waals surface area contributed by atoms with Crippen molar-refractivity contribution in [3.05, 3.63) is 54.6 Å². The molecule has 0 aliphatic heterocycles. The molecule has 0 saturated carbocycles. The van der Waals surface area contributed by atoms with Crippen molar-refractivity contribution < 1.29 is 4.57 Å². The first kappa shape index (κ1) is 8.97. The van der Waals surface area contributed by atoms with Crippen LogP contribution < -0.4 is 10.3 Å². The number of hydrogen-bond acceptors (Lipinski definition) is 1. The number of rotatable bonds is 3. The van der Waals surface area contributed by atoms with Crippen LogP contribution in [0.3, 0.4) is 0 Å². The predicted molar refractivity (Wildman–Crippen MR) is 54.4 cm³/mol. The Morgan fingerprint density at radius 3 is 2.64 bits per heavy atom. The van der Waals surface area contributed by atoms with E-state index < -0.39 is 0 Å². The molecule has 0 bridgehead atoms. The lowest BCUT2D eigenvalue weighted by Crippen LogP contribution is -2.31. The molecule has 3 nitrogen and oxygen atoms in total. The van der Waals surface area contributed by atoms with E-state index in [1.54, 1.807) is 0 Å². The average molecular weight is 188 g/mol. The minimum Gasteiger partial charge on any atom is -0.295 e. The van der Waals surface area contributed by atoms with E-state index >= 15 is 0 Å². The monoisotopic (exact) mass is 188 g/mol. The van der Waals surface area contributed by atoms with Gasteiger partial charge in [0.05, 0.1) is 0 Å². The highest BCUT2D eigenvalue weighted by atomic mass is 15.1. The molecule has 0 aliphatic rings. The summed E-state index contributed by atoms with van der Waals surface area (Å²) in [5.41, 5.74) is 6.80. The van der Waals surface area contributed by atoms with Gasteiger partial charge >= 0.3 is 0 Å². The molecular weight excluding hydrogens is 174 g/mol. The van der Waals surface area contributed by atoms with E-state index in [9.17, 15) is 0 Å². The number of aromatic nitrogens is 2. The van der Waals surface area contributed by atoms with Crippen molar-refractivity contribution in [2.45, 2.75) is 13.2 Å². The Balaban J connectivity index is 2.11. The van der Waals surface area contributed by atoms with Gasteiger partial charge in [0.15, 0.2) is 0 Å². The predicted octanol–water partition coefficient (Wildman–Crippen LogP) is 0.740. The fraction of sp³-hybridized carbons (Fsp3) is 0.182. The van der Waals surface area contributed by atoms with Gasteiger partial charge in [0.25, 0.3) is 0 Å². The molecule has 0 spiro atoms. The summed E-state index contributed by atoms with van der Waals surface area (Å²) in [5, 5.41) is 0. The van der Waals surface area contributed by atoms with E-state index in [4.69, 9.17) is 5.73 Å². The summed E-state index contributed by atoms with van der Waals surface area (Å²) in [7, 11) is 0. The third-order valence-electron chi connectivity index (χ3n) is 2.17. The maximum atomic E-state index is 5.51. The molecule has 2 aromatic rings. The first-order chi connectivity index (χ1) is 6.88. The fourth-order valence-corrected chi connectivity index (χ4v) is 1.43. The van der Waals surface area contributed by atoms with E-state index in [1.165, 1.54) is 5.56 Å². The van der Waals surface area contributed by atoms with Gasteiger partial charge in [-0.15, -0.1) is 0 Å². The van der Waals surface area contributed by atoms with Crippen molar-refractivity contribution in [1.82, 2.24) is 4.57 Å². The van der Waals surface area contributed by atoms with E-state index in [1.807, 2.05) is 29.4 Å². The number of benzene rings is 1. The fourth-order valence-electron chi connectivity index (χ4n) is 1.43. The molecule has 2 N–H and O–H groups in total. The maximum absolute atomic E-state index is 5.51. The summed E-state index contributed by atoms with van der Waals surface area (Å²) in [6.07, 6.45) is 6.01. The van der Waals surface area contributed by atoms with E-state index in [-0.39, 0.29) is 0 Å². The van der Waals surface area contributed by atoms with Crippen molar-refractivity contribution in [2.24, 2.45) is 5.73 Å². The third-order valence-corrected chi connectivity index (χ3v) is 2.17. The number of nitrogens with zero attached hydrogens (tertiary/aromatic N) is 2. The van der Waals surface area contributed by atoms with Gasteiger partial charge in [-0.2, -0.15) is 0 Å². The van der Waals surface area contributed by atoms with Crippen molar-refractivity contribution in [3.63, 3.8) is 0 Å². The standard InChI is InChI=1S/C11H14N3/c12-9-14-7-6-13(10-14)8-11-4-2-1-3-5-11/h1-7,10H,8-9,12H2/q+1. The van der Waals surface area contributed by atoms with Crippen molar-refractivity contribution in [1.29, 1.82) is 0 Å². The van der Waals surface area contributed by atoms with Crippen molar-refractivity contribution in [2.75, 3.05) is 0 Å². The molecular formula is C11H14N3+. The summed E-state index contributed by atoms with van der Waals surface area (Å²) in [6.45, 7) is 1.43.